The number of rotatable bonds is 6. The molecule has 9 heteroatoms. The van der Waals surface area contributed by atoms with Crippen LogP contribution < -0.4 is 5.32 Å². The van der Waals surface area contributed by atoms with Crippen LogP contribution in [0.1, 0.15) is 31.1 Å². The summed E-state index contributed by atoms with van der Waals surface area (Å²) in [6.45, 7) is 0.236. The van der Waals surface area contributed by atoms with Gasteiger partial charge in [0.25, 0.3) is 11.6 Å². The van der Waals surface area contributed by atoms with Crippen molar-refractivity contribution in [3.05, 3.63) is 83.2 Å². The third kappa shape index (κ3) is 4.10. The van der Waals surface area contributed by atoms with Crippen LogP contribution in [0.5, 0.6) is 0 Å². The number of thiophene rings is 2. The quantitative estimate of drug-likeness (QED) is 0.467. The fraction of sp³-hybridized carbons (Fsp3) is 0.118. The summed E-state index contributed by atoms with van der Waals surface area (Å²) in [5.74, 6) is -0.493. The lowest BCUT2D eigenvalue weighted by molar-refractivity contribution is -0.384. The molecule has 0 saturated heterocycles. The van der Waals surface area contributed by atoms with E-state index in [1.807, 2.05) is 29.6 Å². The molecular weight excluding hydrogens is 396 g/mol. The SMILES string of the molecule is O=C(NCc1ccc(C(O)c2cccs2)s1)c1cc([N+](=O)[O-])ccc1Cl. The highest BCUT2D eigenvalue weighted by atomic mass is 35.5. The van der Waals surface area contributed by atoms with Crippen molar-refractivity contribution in [1.82, 2.24) is 5.32 Å². The Morgan fingerprint density at radius 3 is 2.77 bits per heavy atom. The molecule has 0 aliphatic rings. The van der Waals surface area contributed by atoms with Crippen LogP contribution in [0.15, 0.2) is 47.8 Å². The van der Waals surface area contributed by atoms with Gasteiger partial charge in [0.1, 0.15) is 6.10 Å². The van der Waals surface area contributed by atoms with Gasteiger partial charge < -0.3 is 10.4 Å². The fourth-order valence-electron chi connectivity index (χ4n) is 2.29. The Morgan fingerprint density at radius 1 is 1.27 bits per heavy atom. The largest absolute Gasteiger partial charge is 0.382 e. The van der Waals surface area contributed by atoms with Gasteiger partial charge in [-0.2, -0.15) is 0 Å². The fourth-order valence-corrected chi connectivity index (χ4v) is 4.25. The number of aliphatic hydroxyl groups is 1. The van der Waals surface area contributed by atoms with Crippen LogP contribution in [-0.2, 0) is 6.54 Å². The molecule has 0 saturated carbocycles. The van der Waals surface area contributed by atoms with Crippen molar-refractivity contribution in [2.24, 2.45) is 0 Å². The molecule has 6 nitrogen and oxygen atoms in total. The predicted octanol–water partition coefficient (Wildman–Crippen LogP) is 4.38. The molecular formula is C17H13ClN2O4S2. The van der Waals surface area contributed by atoms with Gasteiger partial charge in [0.05, 0.1) is 22.1 Å². The Morgan fingerprint density at radius 2 is 2.08 bits per heavy atom. The Balaban J connectivity index is 1.67. The highest BCUT2D eigenvalue weighted by molar-refractivity contribution is 7.12. The minimum Gasteiger partial charge on any atom is -0.382 e. The number of benzene rings is 1. The van der Waals surface area contributed by atoms with Crippen LogP contribution in [0.25, 0.3) is 0 Å². The molecule has 0 aliphatic carbocycles. The maximum absolute atomic E-state index is 12.3. The number of aliphatic hydroxyl groups excluding tert-OH is 1. The lowest BCUT2D eigenvalue weighted by Crippen LogP contribution is -2.22. The van der Waals surface area contributed by atoms with Gasteiger partial charge in [-0.3, -0.25) is 14.9 Å². The first-order valence-corrected chi connectivity index (χ1v) is 9.55. The molecule has 2 aromatic heterocycles. The van der Waals surface area contributed by atoms with E-state index in [9.17, 15) is 20.0 Å². The lowest BCUT2D eigenvalue weighted by atomic mass is 10.2. The number of nitro benzene ring substituents is 1. The van der Waals surface area contributed by atoms with Crippen LogP contribution in [0.3, 0.4) is 0 Å². The monoisotopic (exact) mass is 408 g/mol. The van der Waals surface area contributed by atoms with Crippen molar-refractivity contribution >= 4 is 45.9 Å². The van der Waals surface area contributed by atoms with Crippen LogP contribution >= 0.6 is 34.3 Å². The summed E-state index contributed by atoms with van der Waals surface area (Å²) in [4.78, 5) is 25.0. The first-order valence-electron chi connectivity index (χ1n) is 7.48. The summed E-state index contributed by atoms with van der Waals surface area (Å²) in [6, 6.07) is 11.1. The van der Waals surface area contributed by atoms with Crippen molar-refractivity contribution in [3.8, 4) is 0 Å². The topological polar surface area (TPSA) is 92.5 Å². The maximum Gasteiger partial charge on any atom is 0.270 e. The van der Waals surface area contributed by atoms with Crippen molar-refractivity contribution in [3.63, 3.8) is 0 Å². The van der Waals surface area contributed by atoms with E-state index in [1.165, 1.54) is 34.8 Å². The molecule has 26 heavy (non-hydrogen) atoms. The molecule has 0 spiro atoms. The predicted molar refractivity (Wildman–Crippen MR) is 102 cm³/mol. The van der Waals surface area contributed by atoms with E-state index in [4.69, 9.17) is 11.6 Å². The second-order valence-electron chi connectivity index (χ2n) is 5.33. The zero-order chi connectivity index (χ0) is 18.7. The van der Waals surface area contributed by atoms with Gasteiger partial charge in [0, 0.05) is 26.8 Å². The van der Waals surface area contributed by atoms with E-state index in [0.717, 1.165) is 20.7 Å². The van der Waals surface area contributed by atoms with E-state index >= 15 is 0 Å². The van der Waals surface area contributed by atoms with Crippen molar-refractivity contribution in [2.45, 2.75) is 12.6 Å². The zero-order valence-electron chi connectivity index (χ0n) is 13.2. The number of nitrogens with one attached hydrogen (secondary N) is 1. The maximum atomic E-state index is 12.3. The van der Waals surface area contributed by atoms with Gasteiger partial charge in [-0.25, -0.2) is 0 Å². The van der Waals surface area contributed by atoms with E-state index in [2.05, 4.69) is 5.32 Å². The molecule has 1 amide bonds. The van der Waals surface area contributed by atoms with Crippen LogP contribution in [0.2, 0.25) is 5.02 Å². The molecule has 0 fully saturated rings. The standard InChI is InChI=1S/C17H13ClN2O4S2/c18-13-5-3-10(20(23)24)8-12(13)17(22)19-9-11-4-6-15(26-11)16(21)14-2-1-7-25-14/h1-8,16,21H,9H2,(H,19,22). The Bertz CT molecular complexity index is 940. The van der Waals surface area contributed by atoms with Crippen molar-refractivity contribution < 1.29 is 14.8 Å². The number of amides is 1. The first kappa shape index (κ1) is 18.5. The van der Waals surface area contributed by atoms with Gasteiger partial charge in [-0.1, -0.05) is 17.7 Å². The average molecular weight is 409 g/mol. The summed E-state index contributed by atoms with van der Waals surface area (Å²) in [6.07, 6.45) is -0.685. The summed E-state index contributed by atoms with van der Waals surface area (Å²) in [7, 11) is 0. The van der Waals surface area contributed by atoms with Gasteiger partial charge in [-0.05, 0) is 29.6 Å². The highest BCUT2D eigenvalue weighted by Crippen LogP contribution is 2.31. The second-order valence-corrected chi connectivity index (χ2v) is 7.91. The molecule has 134 valence electrons. The van der Waals surface area contributed by atoms with Gasteiger partial charge in [-0.15, -0.1) is 22.7 Å². The number of hydrogen-bond donors (Lipinski definition) is 2. The first-order chi connectivity index (χ1) is 12.5. The highest BCUT2D eigenvalue weighted by Gasteiger charge is 2.17. The smallest absolute Gasteiger partial charge is 0.270 e. The molecule has 0 radical (unpaired) electrons. The number of nitrogens with zero attached hydrogens (tertiary/aromatic N) is 1. The van der Waals surface area contributed by atoms with Gasteiger partial charge in [0.2, 0.25) is 0 Å². The summed E-state index contributed by atoms with van der Waals surface area (Å²) in [5.41, 5.74) is -0.145. The number of nitro groups is 1. The molecule has 0 bridgehead atoms. The summed E-state index contributed by atoms with van der Waals surface area (Å²) >= 11 is 8.83. The molecule has 1 aromatic carbocycles. The molecule has 3 rings (SSSR count). The molecule has 1 atom stereocenters. The summed E-state index contributed by atoms with van der Waals surface area (Å²) < 4.78 is 0. The number of non-ortho nitro benzene ring substituents is 1. The van der Waals surface area contributed by atoms with E-state index in [-0.39, 0.29) is 22.8 Å². The van der Waals surface area contributed by atoms with Crippen LogP contribution in [-0.4, -0.2) is 15.9 Å². The molecule has 1 unspecified atom stereocenters. The van der Waals surface area contributed by atoms with Gasteiger partial charge >= 0.3 is 0 Å². The Kier molecular flexibility index (Phi) is 5.67. The lowest BCUT2D eigenvalue weighted by Gasteiger charge is -2.06. The Hall–Kier alpha value is -2.26. The third-order valence-corrected chi connectivity index (χ3v) is 5.99. The molecule has 3 aromatic rings. The average Bonchev–Trinajstić information content (AvgIpc) is 3.31. The minimum absolute atomic E-state index is 0.0521. The number of halogens is 1. The number of carbonyl (C=O) groups excluding carboxylic acids is 1. The van der Waals surface area contributed by atoms with Crippen molar-refractivity contribution in [2.75, 3.05) is 0 Å². The molecule has 2 N–H and O–H groups in total. The third-order valence-electron chi connectivity index (χ3n) is 3.59. The number of carbonyl (C=O) groups is 1. The van der Waals surface area contributed by atoms with E-state index in [0.29, 0.717) is 0 Å². The van der Waals surface area contributed by atoms with E-state index < -0.39 is 16.9 Å². The second kappa shape index (κ2) is 7.96. The Labute approximate surface area is 161 Å². The molecule has 2 heterocycles. The van der Waals surface area contributed by atoms with E-state index in [1.54, 1.807) is 0 Å². The normalized spacial score (nSPS) is 11.9. The number of hydrogen-bond acceptors (Lipinski definition) is 6. The van der Waals surface area contributed by atoms with Crippen molar-refractivity contribution in [1.29, 1.82) is 0 Å². The van der Waals surface area contributed by atoms with Gasteiger partial charge in [0.15, 0.2) is 0 Å². The zero-order valence-corrected chi connectivity index (χ0v) is 15.6. The minimum atomic E-state index is -0.685. The molecule has 0 aliphatic heterocycles. The van der Waals surface area contributed by atoms with Crippen LogP contribution in [0.4, 0.5) is 5.69 Å². The summed E-state index contributed by atoms with van der Waals surface area (Å²) in [5, 5.41) is 25.9. The van der Waals surface area contributed by atoms with Crippen LogP contribution in [0, 0.1) is 10.1 Å².